The molecule has 4 nitrogen and oxygen atoms in total. The molecule has 0 aliphatic heterocycles. The van der Waals surface area contributed by atoms with Gasteiger partial charge in [0.1, 0.15) is 5.78 Å². The maximum absolute atomic E-state index is 11.9. The van der Waals surface area contributed by atoms with Gasteiger partial charge in [0.15, 0.2) is 5.82 Å². The Labute approximate surface area is 119 Å². The van der Waals surface area contributed by atoms with Crippen LogP contribution >= 0.6 is 0 Å². The van der Waals surface area contributed by atoms with Crippen LogP contribution in [0.2, 0.25) is 0 Å². The Morgan fingerprint density at radius 3 is 2.70 bits per heavy atom. The van der Waals surface area contributed by atoms with E-state index in [2.05, 4.69) is 16.2 Å². The number of Topliss-reactive ketones (excluding diaryl/α,β-unsaturated/α-hetero) is 1. The highest BCUT2D eigenvalue weighted by Crippen LogP contribution is 2.17. The van der Waals surface area contributed by atoms with Gasteiger partial charge in [-0.2, -0.15) is 4.98 Å². The minimum atomic E-state index is -0.384. The Bertz CT molecular complexity index is 609. The van der Waals surface area contributed by atoms with E-state index in [9.17, 15) is 4.79 Å². The van der Waals surface area contributed by atoms with E-state index in [1.807, 2.05) is 45.9 Å². The number of hydrogen-bond acceptors (Lipinski definition) is 4. The van der Waals surface area contributed by atoms with Crippen LogP contribution in [-0.4, -0.2) is 15.9 Å². The second kappa shape index (κ2) is 5.57. The smallest absolute Gasteiger partial charge is 0.234 e. The van der Waals surface area contributed by atoms with Gasteiger partial charge in [-0.15, -0.1) is 0 Å². The highest BCUT2D eigenvalue weighted by molar-refractivity contribution is 5.84. The van der Waals surface area contributed by atoms with Crippen molar-refractivity contribution in [1.82, 2.24) is 10.1 Å². The molecule has 106 valence electrons. The molecule has 1 aromatic carbocycles. The molecule has 20 heavy (non-hydrogen) atoms. The van der Waals surface area contributed by atoms with Crippen LogP contribution in [-0.2, 0) is 17.6 Å². The molecule has 0 amide bonds. The topological polar surface area (TPSA) is 56.0 Å². The number of carbonyl (C=O) groups is 1. The summed E-state index contributed by atoms with van der Waals surface area (Å²) in [6, 6.07) is 8.18. The van der Waals surface area contributed by atoms with Crippen LogP contribution in [0.4, 0.5) is 0 Å². The number of rotatable bonds is 4. The predicted molar refractivity (Wildman–Crippen MR) is 76.4 cm³/mol. The molecule has 2 rings (SSSR count). The summed E-state index contributed by atoms with van der Waals surface area (Å²) in [5.74, 6) is 1.11. The van der Waals surface area contributed by atoms with Gasteiger partial charge in [-0.1, -0.05) is 55.8 Å². The first-order valence-electron chi connectivity index (χ1n) is 6.75. The lowest BCUT2D eigenvalue weighted by Gasteiger charge is -2.14. The average molecular weight is 272 g/mol. The number of nitrogens with zero attached hydrogens (tertiary/aromatic N) is 2. The first kappa shape index (κ1) is 14.4. The Balaban J connectivity index is 2.04. The van der Waals surface area contributed by atoms with Crippen molar-refractivity contribution in [3.63, 3.8) is 0 Å². The van der Waals surface area contributed by atoms with Gasteiger partial charge in [-0.25, -0.2) is 0 Å². The lowest BCUT2D eigenvalue weighted by molar-refractivity contribution is -0.125. The van der Waals surface area contributed by atoms with E-state index in [4.69, 9.17) is 4.52 Å². The number of aryl methyl sites for hydroxylation is 1. The van der Waals surface area contributed by atoms with E-state index in [-0.39, 0.29) is 17.6 Å². The molecule has 0 aliphatic carbocycles. The van der Waals surface area contributed by atoms with Crippen LogP contribution in [0, 0.1) is 12.3 Å². The number of hydrogen-bond donors (Lipinski definition) is 0. The summed E-state index contributed by atoms with van der Waals surface area (Å²) < 4.78 is 5.15. The third kappa shape index (κ3) is 3.76. The third-order valence-corrected chi connectivity index (χ3v) is 3.10. The molecule has 0 atom stereocenters. The van der Waals surface area contributed by atoms with E-state index in [1.54, 1.807) is 0 Å². The minimum absolute atomic E-state index is 0.100. The van der Waals surface area contributed by atoms with Crippen molar-refractivity contribution in [2.75, 3.05) is 0 Å². The number of aromatic nitrogens is 2. The SMILES string of the molecule is Cc1cccc(Cc2noc(CC(=O)C(C)(C)C)n2)c1. The van der Waals surface area contributed by atoms with Crippen molar-refractivity contribution in [2.45, 2.75) is 40.5 Å². The lowest BCUT2D eigenvalue weighted by atomic mass is 9.89. The molecule has 0 radical (unpaired) electrons. The quantitative estimate of drug-likeness (QED) is 0.858. The zero-order chi connectivity index (χ0) is 14.8. The summed E-state index contributed by atoms with van der Waals surface area (Å²) in [5, 5.41) is 3.94. The van der Waals surface area contributed by atoms with E-state index in [0.29, 0.717) is 18.1 Å². The molecule has 0 saturated heterocycles. The molecule has 0 aliphatic rings. The Kier molecular flexibility index (Phi) is 4.02. The summed E-state index contributed by atoms with van der Waals surface area (Å²) in [7, 11) is 0. The van der Waals surface area contributed by atoms with Gasteiger partial charge in [0.25, 0.3) is 0 Å². The van der Waals surface area contributed by atoms with Crippen molar-refractivity contribution in [2.24, 2.45) is 5.41 Å². The zero-order valence-electron chi connectivity index (χ0n) is 12.4. The second-order valence-electron chi connectivity index (χ2n) is 6.12. The van der Waals surface area contributed by atoms with Crippen LogP contribution < -0.4 is 0 Å². The maximum atomic E-state index is 11.9. The van der Waals surface area contributed by atoms with Gasteiger partial charge >= 0.3 is 0 Å². The van der Waals surface area contributed by atoms with Crippen LogP contribution in [0.25, 0.3) is 0 Å². The molecule has 0 fully saturated rings. The Morgan fingerprint density at radius 1 is 1.30 bits per heavy atom. The lowest BCUT2D eigenvalue weighted by Crippen LogP contribution is -2.22. The van der Waals surface area contributed by atoms with Crippen LogP contribution in [0.1, 0.15) is 43.6 Å². The van der Waals surface area contributed by atoms with Gasteiger partial charge in [-0.3, -0.25) is 4.79 Å². The van der Waals surface area contributed by atoms with Crippen molar-refractivity contribution in [1.29, 1.82) is 0 Å². The summed E-state index contributed by atoms with van der Waals surface area (Å²) in [6.07, 6.45) is 0.819. The fourth-order valence-electron chi connectivity index (χ4n) is 1.84. The molecule has 2 aromatic rings. The predicted octanol–water partition coefficient (Wildman–Crippen LogP) is 3.13. The molecular formula is C16H20N2O2. The maximum Gasteiger partial charge on any atom is 0.234 e. The van der Waals surface area contributed by atoms with Crippen LogP contribution in [0.3, 0.4) is 0 Å². The average Bonchev–Trinajstić information content (AvgIpc) is 2.75. The fraction of sp³-hybridized carbons (Fsp3) is 0.438. The Morgan fingerprint density at radius 2 is 2.05 bits per heavy atom. The van der Waals surface area contributed by atoms with Gasteiger partial charge < -0.3 is 4.52 Å². The zero-order valence-corrected chi connectivity index (χ0v) is 12.4. The first-order chi connectivity index (χ1) is 9.34. The number of ketones is 1. The molecule has 1 heterocycles. The van der Waals surface area contributed by atoms with Gasteiger partial charge in [0, 0.05) is 11.8 Å². The number of carbonyl (C=O) groups excluding carboxylic acids is 1. The fourth-order valence-corrected chi connectivity index (χ4v) is 1.84. The molecular weight excluding hydrogens is 252 g/mol. The molecule has 0 N–H and O–H groups in total. The first-order valence-corrected chi connectivity index (χ1v) is 6.75. The Hall–Kier alpha value is -1.97. The van der Waals surface area contributed by atoms with Gasteiger partial charge in [-0.05, 0) is 12.5 Å². The van der Waals surface area contributed by atoms with E-state index in [0.717, 1.165) is 5.56 Å². The minimum Gasteiger partial charge on any atom is -0.339 e. The molecule has 1 aromatic heterocycles. The third-order valence-electron chi connectivity index (χ3n) is 3.10. The van der Waals surface area contributed by atoms with E-state index in [1.165, 1.54) is 5.56 Å². The normalized spacial score (nSPS) is 11.6. The molecule has 0 spiro atoms. The van der Waals surface area contributed by atoms with Crippen LogP contribution in [0.5, 0.6) is 0 Å². The van der Waals surface area contributed by atoms with Crippen molar-refractivity contribution >= 4 is 5.78 Å². The molecule has 4 heteroatoms. The van der Waals surface area contributed by atoms with Crippen molar-refractivity contribution in [3.05, 3.63) is 47.1 Å². The molecule has 0 saturated carbocycles. The summed E-state index contributed by atoms with van der Waals surface area (Å²) in [6.45, 7) is 7.71. The monoisotopic (exact) mass is 272 g/mol. The summed E-state index contributed by atoms with van der Waals surface area (Å²) >= 11 is 0. The van der Waals surface area contributed by atoms with Crippen molar-refractivity contribution < 1.29 is 9.32 Å². The van der Waals surface area contributed by atoms with Crippen LogP contribution in [0.15, 0.2) is 28.8 Å². The highest BCUT2D eigenvalue weighted by Gasteiger charge is 2.23. The largest absolute Gasteiger partial charge is 0.339 e. The summed E-state index contributed by atoms with van der Waals surface area (Å²) in [5.41, 5.74) is 1.96. The van der Waals surface area contributed by atoms with Gasteiger partial charge in [0.05, 0.1) is 6.42 Å². The molecule has 0 bridgehead atoms. The summed E-state index contributed by atoms with van der Waals surface area (Å²) in [4.78, 5) is 16.2. The van der Waals surface area contributed by atoms with E-state index < -0.39 is 0 Å². The highest BCUT2D eigenvalue weighted by atomic mass is 16.5. The van der Waals surface area contributed by atoms with E-state index >= 15 is 0 Å². The van der Waals surface area contributed by atoms with Gasteiger partial charge in [0.2, 0.25) is 5.89 Å². The second-order valence-corrected chi connectivity index (χ2v) is 6.12. The standard InChI is InChI=1S/C16H20N2O2/c1-11-6-5-7-12(8-11)9-14-17-15(20-18-14)10-13(19)16(2,3)4/h5-8H,9-10H2,1-4H3. The number of benzene rings is 1. The van der Waals surface area contributed by atoms with Crippen molar-refractivity contribution in [3.8, 4) is 0 Å². The molecule has 0 unspecified atom stereocenters.